The van der Waals surface area contributed by atoms with Crippen LogP contribution >= 0.6 is 0 Å². The van der Waals surface area contributed by atoms with E-state index in [4.69, 9.17) is 14.2 Å². The average Bonchev–Trinajstić information content (AvgIpc) is 2.51. The zero-order chi connectivity index (χ0) is 15.3. The quantitative estimate of drug-likeness (QED) is 0.393. The molecule has 1 aliphatic heterocycles. The van der Waals surface area contributed by atoms with Crippen molar-refractivity contribution in [3.05, 3.63) is 0 Å². The van der Waals surface area contributed by atoms with Gasteiger partial charge in [0.1, 0.15) is 0 Å². The molecule has 0 radical (unpaired) electrons. The minimum absolute atomic E-state index is 0.409. The lowest BCUT2D eigenvalue weighted by Crippen LogP contribution is -2.47. The Morgan fingerprint density at radius 1 is 1.19 bits per heavy atom. The molecule has 0 aromatic rings. The van der Waals surface area contributed by atoms with Crippen LogP contribution in [-0.2, 0) is 14.2 Å². The lowest BCUT2D eigenvalue weighted by molar-refractivity contribution is 0.0263. The number of guanidine groups is 1. The van der Waals surface area contributed by atoms with Gasteiger partial charge >= 0.3 is 0 Å². The molecule has 0 aromatic carbocycles. The van der Waals surface area contributed by atoms with Crippen molar-refractivity contribution in [2.75, 3.05) is 59.7 Å². The number of piperidine rings is 1. The van der Waals surface area contributed by atoms with E-state index in [1.807, 2.05) is 0 Å². The fraction of sp³-hybridized carbons (Fsp3) is 0.933. The Bertz CT molecular complexity index is 279. The molecule has 0 bridgehead atoms. The lowest BCUT2D eigenvalue weighted by Gasteiger charge is -2.34. The third kappa shape index (κ3) is 7.64. The van der Waals surface area contributed by atoms with E-state index in [0.29, 0.717) is 32.5 Å². The van der Waals surface area contributed by atoms with Crippen LogP contribution in [0.1, 0.15) is 26.7 Å². The summed E-state index contributed by atoms with van der Waals surface area (Å²) in [5.41, 5.74) is 0. The van der Waals surface area contributed by atoms with Crippen molar-refractivity contribution in [1.29, 1.82) is 0 Å². The predicted molar refractivity (Wildman–Crippen MR) is 84.9 cm³/mol. The van der Waals surface area contributed by atoms with Crippen molar-refractivity contribution < 1.29 is 14.2 Å². The number of hydrogen-bond acceptors (Lipinski definition) is 4. The lowest BCUT2D eigenvalue weighted by atomic mass is 10.1. The van der Waals surface area contributed by atoms with Gasteiger partial charge in [0.25, 0.3) is 0 Å². The summed E-state index contributed by atoms with van der Waals surface area (Å²) in [6.07, 6.45) is 2.55. The monoisotopic (exact) mass is 301 g/mol. The van der Waals surface area contributed by atoms with Crippen LogP contribution in [0.3, 0.4) is 0 Å². The summed E-state index contributed by atoms with van der Waals surface area (Å²) in [7, 11) is 1.68. The van der Waals surface area contributed by atoms with Gasteiger partial charge in [0, 0.05) is 33.4 Å². The summed E-state index contributed by atoms with van der Waals surface area (Å²) in [5.74, 6) is 0.989. The average molecular weight is 301 g/mol. The molecule has 0 atom stereocenters. The molecule has 1 saturated heterocycles. The first-order valence-electron chi connectivity index (χ1n) is 8.03. The molecule has 0 unspecified atom stereocenters. The molecule has 1 rings (SSSR count). The molecule has 21 heavy (non-hydrogen) atoms. The molecule has 6 nitrogen and oxygen atoms in total. The molecule has 1 N–H and O–H groups in total. The Balaban J connectivity index is 2.31. The van der Waals surface area contributed by atoms with Crippen molar-refractivity contribution in [2.24, 2.45) is 4.99 Å². The van der Waals surface area contributed by atoms with Crippen LogP contribution in [0.15, 0.2) is 4.99 Å². The van der Waals surface area contributed by atoms with Gasteiger partial charge in [-0.05, 0) is 26.7 Å². The zero-order valence-electron chi connectivity index (χ0n) is 13.8. The Labute approximate surface area is 128 Å². The van der Waals surface area contributed by atoms with E-state index in [1.165, 1.54) is 0 Å². The SMILES string of the molecule is CCNC(=NCCOCCOC)N1CCC(OCC)CC1. The van der Waals surface area contributed by atoms with E-state index in [0.717, 1.165) is 45.0 Å². The summed E-state index contributed by atoms with van der Waals surface area (Å²) < 4.78 is 16.1. The molecule has 0 saturated carbocycles. The number of hydrogen-bond donors (Lipinski definition) is 1. The van der Waals surface area contributed by atoms with E-state index < -0.39 is 0 Å². The van der Waals surface area contributed by atoms with Crippen molar-refractivity contribution in [3.63, 3.8) is 0 Å². The summed E-state index contributed by atoms with van der Waals surface area (Å²) >= 11 is 0. The molecular formula is C15H31N3O3. The van der Waals surface area contributed by atoms with Gasteiger partial charge in [0.05, 0.1) is 32.5 Å². The summed E-state index contributed by atoms with van der Waals surface area (Å²) in [6, 6.07) is 0. The minimum Gasteiger partial charge on any atom is -0.382 e. The number of ether oxygens (including phenoxy) is 3. The molecule has 1 aliphatic rings. The van der Waals surface area contributed by atoms with E-state index >= 15 is 0 Å². The highest BCUT2D eigenvalue weighted by atomic mass is 16.5. The Morgan fingerprint density at radius 3 is 2.57 bits per heavy atom. The van der Waals surface area contributed by atoms with Crippen LogP contribution in [0.4, 0.5) is 0 Å². The Kier molecular flexibility index (Phi) is 10.2. The molecule has 0 aromatic heterocycles. The third-order valence-electron chi connectivity index (χ3n) is 3.41. The van der Waals surface area contributed by atoms with Gasteiger partial charge in [-0.15, -0.1) is 0 Å². The van der Waals surface area contributed by atoms with Crippen LogP contribution in [0.5, 0.6) is 0 Å². The normalized spacial score (nSPS) is 17.3. The fourth-order valence-electron chi connectivity index (χ4n) is 2.36. The maximum absolute atomic E-state index is 5.69. The Hall–Kier alpha value is -0.850. The van der Waals surface area contributed by atoms with Crippen molar-refractivity contribution in [2.45, 2.75) is 32.8 Å². The van der Waals surface area contributed by atoms with E-state index in [1.54, 1.807) is 7.11 Å². The first kappa shape index (κ1) is 18.2. The number of likely N-dealkylation sites (tertiary alicyclic amines) is 1. The highest BCUT2D eigenvalue weighted by molar-refractivity contribution is 5.80. The molecule has 6 heteroatoms. The number of methoxy groups -OCH3 is 1. The first-order valence-corrected chi connectivity index (χ1v) is 8.03. The number of rotatable bonds is 9. The van der Waals surface area contributed by atoms with Gasteiger partial charge in [0.2, 0.25) is 0 Å². The molecule has 0 spiro atoms. The number of aliphatic imine (C=N–C) groups is 1. The van der Waals surface area contributed by atoms with Crippen molar-refractivity contribution in [3.8, 4) is 0 Å². The molecule has 1 fully saturated rings. The van der Waals surface area contributed by atoms with Gasteiger partial charge in [-0.2, -0.15) is 0 Å². The molecular weight excluding hydrogens is 270 g/mol. The van der Waals surface area contributed by atoms with Crippen molar-refractivity contribution >= 4 is 5.96 Å². The topological polar surface area (TPSA) is 55.3 Å². The van der Waals surface area contributed by atoms with Crippen LogP contribution in [0.25, 0.3) is 0 Å². The van der Waals surface area contributed by atoms with Gasteiger partial charge in [0.15, 0.2) is 5.96 Å². The van der Waals surface area contributed by atoms with E-state index in [9.17, 15) is 0 Å². The second kappa shape index (κ2) is 11.8. The van der Waals surface area contributed by atoms with E-state index in [2.05, 4.69) is 29.1 Å². The molecule has 124 valence electrons. The Morgan fingerprint density at radius 2 is 1.95 bits per heavy atom. The van der Waals surface area contributed by atoms with E-state index in [-0.39, 0.29) is 0 Å². The molecule has 1 heterocycles. The summed E-state index contributed by atoms with van der Waals surface area (Å²) in [6.45, 7) is 10.4. The zero-order valence-corrected chi connectivity index (χ0v) is 13.8. The molecule has 0 aliphatic carbocycles. The van der Waals surface area contributed by atoms with Gasteiger partial charge in [-0.3, -0.25) is 4.99 Å². The van der Waals surface area contributed by atoms with Crippen LogP contribution in [-0.4, -0.2) is 76.7 Å². The highest BCUT2D eigenvalue weighted by Crippen LogP contribution is 2.13. The third-order valence-corrected chi connectivity index (χ3v) is 3.41. The fourth-order valence-corrected chi connectivity index (χ4v) is 2.36. The van der Waals surface area contributed by atoms with Crippen molar-refractivity contribution in [1.82, 2.24) is 10.2 Å². The van der Waals surface area contributed by atoms with Crippen LogP contribution < -0.4 is 5.32 Å². The van der Waals surface area contributed by atoms with Crippen LogP contribution in [0.2, 0.25) is 0 Å². The van der Waals surface area contributed by atoms with Gasteiger partial charge < -0.3 is 24.4 Å². The maximum atomic E-state index is 5.69. The second-order valence-corrected chi connectivity index (χ2v) is 4.98. The number of nitrogens with one attached hydrogen (secondary N) is 1. The summed E-state index contributed by atoms with van der Waals surface area (Å²) in [5, 5.41) is 3.36. The predicted octanol–water partition coefficient (Wildman–Crippen LogP) is 1.12. The second-order valence-electron chi connectivity index (χ2n) is 4.98. The van der Waals surface area contributed by atoms with Gasteiger partial charge in [-0.25, -0.2) is 0 Å². The number of nitrogens with zero attached hydrogens (tertiary/aromatic N) is 2. The molecule has 0 amide bonds. The summed E-state index contributed by atoms with van der Waals surface area (Å²) in [4.78, 5) is 6.94. The minimum atomic E-state index is 0.409. The smallest absolute Gasteiger partial charge is 0.193 e. The van der Waals surface area contributed by atoms with Crippen LogP contribution in [0, 0.1) is 0 Å². The highest BCUT2D eigenvalue weighted by Gasteiger charge is 2.21. The largest absolute Gasteiger partial charge is 0.382 e. The van der Waals surface area contributed by atoms with Gasteiger partial charge in [-0.1, -0.05) is 0 Å². The maximum Gasteiger partial charge on any atom is 0.193 e. The standard InChI is InChI=1S/C15H31N3O3/c1-4-16-15(17-8-11-20-13-12-19-3)18-9-6-14(7-10-18)21-5-2/h14H,4-13H2,1-3H3,(H,16,17). The first-order chi connectivity index (χ1) is 10.3.